The van der Waals surface area contributed by atoms with Gasteiger partial charge in [-0.25, -0.2) is 9.40 Å². The highest BCUT2D eigenvalue weighted by atomic mass is 19.1. The quantitative estimate of drug-likeness (QED) is 0.684. The maximum absolute atomic E-state index is 13.5. The summed E-state index contributed by atoms with van der Waals surface area (Å²) in [5.41, 5.74) is 2.13. The molecule has 0 bridgehead atoms. The number of amides is 2. The van der Waals surface area contributed by atoms with Crippen LogP contribution in [0, 0.1) is 5.82 Å². The molecule has 1 N–H and O–H groups in total. The number of halogens is 1. The highest BCUT2D eigenvalue weighted by molar-refractivity contribution is 6.01. The van der Waals surface area contributed by atoms with E-state index in [-0.39, 0.29) is 24.2 Å². The van der Waals surface area contributed by atoms with E-state index >= 15 is 0 Å². The second kappa shape index (κ2) is 6.27. The number of para-hydroxylation sites is 1. The van der Waals surface area contributed by atoms with Crippen molar-refractivity contribution in [3.8, 4) is 0 Å². The molecule has 1 fully saturated rings. The lowest BCUT2D eigenvalue weighted by Gasteiger charge is -2.48. The monoisotopic (exact) mass is 390 g/mol. The number of rotatable bonds is 2. The summed E-state index contributed by atoms with van der Waals surface area (Å²) in [5.74, 6) is -0.826. The number of hydrazone groups is 1. The molecular formula is C22H19FN4O2. The number of aromatic nitrogens is 1. The third-order valence-electron chi connectivity index (χ3n) is 5.86. The molecule has 0 aliphatic carbocycles. The molecule has 2 amide bonds. The molecule has 6 nitrogen and oxygen atoms in total. The molecule has 2 aromatic carbocycles. The molecule has 146 valence electrons. The van der Waals surface area contributed by atoms with Crippen molar-refractivity contribution in [2.75, 3.05) is 13.1 Å². The molecule has 3 heterocycles. The van der Waals surface area contributed by atoms with Crippen molar-refractivity contribution in [3.05, 3.63) is 71.2 Å². The van der Waals surface area contributed by atoms with Crippen LogP contribution in [-0.4, -0.2) is 46.0 Å². The number of fused-ring (bicyclic) bond motifs is 5. The lowest BCUT2D eigenvalue weighted by Crippen LogP contribution is -2.65. The summed E-state index contributed by atoms with van der Waals surface area (Å²) in [6.07, 6.45) is 2.10. The summed E-state index contributed by atoms with van der Waals surface area (Å²) >= 11 is 0. The Morgan fingerprint density at radius 1 is 1.17 bits per heavy atom. The third kappa shape index (κ3) is 2.57. The highest BCUT2D eigenvalue weighted by Gasteiger charge is 2.54. The van der Waals surface area contributed by atoms with Crippen molar-refractivity contribution in [3.63, 3.8) is 0 Å². The number of hydrogen-bond donors (Lipinski definition) is 1. The van der Waals surface area contributed by atoms with Crippen LogP contribution >= 0.6 is 0 Å². The number of H-pyrrole nitrogens is 1. The van der Waals surface area contributed by atoms with Crippen molar-refractivity contribution in [2.45, 2.75) is 18.9 Å². The summed E-state index contributed by atoms with van der Waals surface area (Å²) in [6, 6.07) is 13.8. The normalized spacial score (nSPS) is 21.7. The Morgan fingerprint density at radius 3 is 2.83 bits per heavy atom. The number of piperazine rings is 1. The van der Waals surface area contributed by atoms with Gasteiger partial charge in [0.15, 0.2) is 5.54 Å². The first-order valence-electron chi connectivity index (χ1n) is 9.50. The zero-order valence-corrected chi connectivity index (χ0v) is 15.9. The minimum absolute atomic E-state index is 0.129. The Kier molecular flexibility index (Phi) is 3.81. The van der Waals surface area contributed by atoms with Crippen molar-refractivity contribution in [1.29, 1.82) is 0 Å². The molecule has 1 aromatic heterocycles. The van der Waals surface area contributed by atoms with E-state index in [1.807, 2.05) is 24.3 Å². The molecule has 0 spiro atoms. The Balaban J connectivity index is 1.57. The summed E-state index contributed by atoms with van der Waals surface area (Å²) in [5, 5.41) is 6.48. The lowest BCUT2D eigenvalue weighted by atomic mass is 9.83. The molecule has 1 saturated heterocycles. The molecule has 5 rings (SSSR count). The van der Waals surface area contributed by atoms with Gasteiger partial charge >= 0.3 is 0 Å². The lowest BCUT2D eigenvalue weighted by molar-refractivity contribution is -0.165. The van der Waals surface area contributed by atoms with E-state index < -0.39 is 5.54 Å². The SMILES string of the molecule is CC12C(=O)N(N=Cc3cccc(F)c3)CC(=O)N1CCc1c2[nH]c2ccccc12. The Labute approximate surface area is 166 Å². The number of benzene rings is 2. The van der Waals surface area contributed by atoms with Crippen LogP contribution in [0.3, 0.4) is 0 Å². The summed E-state index contributed by atoms with van der Waals surface area (Å²) in [7, 11) is 0. The van der Waals surface area contributed by atoms with E-state index in [2.05, 4.69) is 10.1 Å². The average Bonchev–Trinajstić information content (AvgIpc) is 3.10. The summed E-state index contributed by atoms with van der Waals surface area (Å²) in [6.45, 7) is 2.12. The van der Waals surface area contributed by atoms with Gasteiger partial charge in [-0.15, -0.1) is 0 Å². The molecule has 0 saturated carbocycles. The molecule has 0 radical (unpaired) electrons. The van der Waals surface area contributed by atoms with Crippen LogP contribution < -0.4 is 0 Å². The van der Waals surface area contributed by atoms with Crippen LogP contribution in [0.2, 0.25) is 0 Å². The van der Waals surface area contributed by atoms with Gasteiger partial charge in [-0.2, -0.15) is 5.10 Å². The number of carbonyl (C=O) groups excluding carboxylic acids is 2. The van der Waals surface area contributed by atoms with Gasteiger partial charge < -0.3 is 9.88 Å². The van der Waals surface area contributed by atoms with Crippen LogP contribution in [0.25, 0.3) is 10.9 Å². The molecule has 2 aliphatic heterocycles. The Hall–Kier alpha value is -3.48. The first-order valence-corrected chi connectivity index (χ1v) is 9.50. The zero-order chi connectivity index (χ0) is 20.2. The summed E-state index contributed by atoms with van der Waals surface area (Å²) in [4.78, 5) is 31.3. The van der Waals surface area contributed by atoms with Gasteiger partial charge in [0, 0.05) is 17.4 Å². The molecular weight excluding hydrogens is 371 g/mol. The van der Waals surface area contributed by atoms with E-state index in [4.69, 9.17) is 0 Å². The van der Waals surface area contributed by atoms with Gasteiger partial charge in [0.1, 0.15) is 12.4 Å². The number of carbonyl (C=O) groups is 2. The first kappa shape index (κ1) is 17.6. The smallest absolute Gasteiger partial charge is 0.275 e. The molecule has 29 heavy (non-hydrogen) atoms. The molecule has 7 heteroatoms. The predicted molar refractivity (Wildman–Crippen MR) is 107 cm³/mol. The standard InChI is InChI=1S/C22H19FN4O2/c1-22-20-17(16-7-2-3-8-18(16)25-20)9-10-26(22)19(28)13-27(21(22)29)24-12-14-5-4-6-15(23)11-14/h2-8,11-12,25H,9-10,13H2,1H3. The largest absolute Gasteiger partial charge is 0.356 e. The van der Waals surface area contributed by atoms with E-state index in [0.29, 0.717) is 18.5 Å². The van der Waals surface area contributed by atoms with Gasteiger partial charge in [0.05, 0.1) is 11.9 Å². The fourth-order valence-electron chi connectivity index (χ4n) is 4.41. The van der Waals surface area contributed by atoms with Gasteiger partial charge in [0.25, 0.3) is 5.91 Å². The zero-order valence-electron chi connectivity index (χ0n) is 15.9. The molecule has 1 atom stereocenters. The van der Waals surface area contributed by atoms with Gasteiger partial charge in [-0.05, 0) is 42.7 Å². The van der Waals surface area contributed by atoms with Crippen molar-refractivity contribution < 1.29 is 14.0 Å². The average molecular weight is 390 g/mol. The maximum atomic E-state index is 13.5. The van der Waals surface area contributed by atoms with Crippen molar-refractivity contribution >= 4 is 28.9 Å². The number of aromatic amines is 1. The van der Waals surface area contributed by atoms with Crippen LogP contribution in [0.1, 0.15) is 23.7 Å². The van der Waals surface area contributed by atoms with Crippen molar-refractivity contribution in [2.24, 2.45) is 5.10 Å². The van der Waals surface area contributed by atoms with E-state index in [9.17, 15) is 14.0 Å². The number of hydrogen-bond acceptors (Lipinski definition) is 3. The van der Waals surface area contributed by atoms with Crippen molar-refractivity contribution in [1.82, 2.24) is 14.9 Å². The second-order valence-electron chi connectivity index (χ2n) is 7.55. The summed E-state index contributed by atoms with van der Waals surface area (Å²) < 4.78 is 13.4. The Morgan fingerprint density at radius 2 is 2.00 bits per heavy atom. The molecule has 3 aromatic rings. The number of nitrogens with one attached hydrogen (secondary N) is 1. The van der Waals surface area contributed by atoms with Crippen LogP contribution in [-0.2, 0) is 21.5 Å². The molecule has 1 unspecified atom stereocenters. The van der Waals surface area contributed by atoms with Gasteiger partial charge in [-0.1, -0.05) is 30.3 Å². The van der Waals surface area contributed by atoms with Crippen LogP contribution in [0.4, 0.5) is 4.39 Å². The van der Waals surface area contributed by atoms with Gasteiger partial charge in [-0.3, -0.25) is 9.59 Å². The van der Waals surface area contributed by atoms with E-state index in [1.165, 1.54) is 23.4 Å². The predicted octanol–water partition coefficient (Wildman–Crippen LogP) is 2.78. The maximum Gasteiger partial charge on any atom is 0.275 e. The second-order valence-corrected chi connectivity index (χ2v) is 7.55. The fourth-order valence-corrected chi connectivity index (χ4v) is 4.41. The third-order valence-corrected chi connectivity index (χ3v) is 5.86. The molecule has 2 aliphatic rings. The topological polar surface area (TPSA) is 68.8 Å². The van der Waals surface area contributed by atoms with Crippen LogP contribution in [0.15, 0.2) is 53.6 Å². The number of nitrogens with zero attached hydrogens (tertiary/aromatic N) is 3. The van der Waals surface area contributed by atoms with Crippen LogP contribution in [0.5, 0.6) is 0 Å². The first-order chi connectivity index (χ1) is 14.0. The van der Waals surface area contributed by atoms with E-state index in [1.54, 1.807) is 24.0 Å². The minimum atomic E-state index is -1.15. The van der Waals surface area contributed by atoms with Gasteiger partial charge in [0.2, 0.25) is 5.91 Å². The highest BCUT2D eigenvalue weighted by Crippen LogP contribution is 2.41. The van der Waals surface area contributed by atoms with E-state index in [0.717, 1.165) is 22.2 Å². The Bertz CT molecular complexity index is 1180. The fraction of sp³-hybridized carbons (Fsp3) is 0.227. The minimum Gasteiger partial charge on any atom is -0.356 e.